The van der Waals surface area contributed by atoms with E-state index in [1.54, 1.807) is 6.26 Å². The Labute approximate surface area is 123 Å². The highest BCUT2D eigenvalue weighted by atomic mass is 19.4. The number of nitrogens with zero attached hydrogens (tertiary/aromatic N) is 1. The summed E-state index contributed by atoms with van der Waals surface area (Å²) in [6.07, 6.45) is -0.502. The van der Waals surface area contributed by atoms with Crippen molar-refractivity contribution < 1.29 is 17.6 Å². The van der Waals surface area contributed by atoms with Gasteiger partial charge in [-0.1, -0.05) is 6.92 Å². The van der Waals surface area contributed by atoms with Crippen LogP contribution in [-0.4, -0.2) is 30.7 Å². The van der Waals surface area contributed by atoms with Crippen molar-refractivity contribution in [2.75, 3.05) is 19.6 Å². The fourth-order valence-corrected chi connectivity index (χ4v) is 2.70. The van der Waals surface area contributed by atoms with E-state index < -0.39 is 12.1 Å². The van der Waals surface area contributed by atoms with Gasteiger partial charge in [0.25, 0.3) is 0 Å². The molecule has 120 valence electrons. The van der Waals surface area contributed by atoms with Crippen molar-refractivity contribution in [2.45, 2.75) is 45.5 Å². The van der Waals surface area contributed by atoms with Gasteiger partial charge in [0.2, 0.25) is 0 Å². The number of furan rings is 1. The first-order chi connectivity index (χ1) is 9.99. The molecule has 21 heavy (non-hydrogen) atoms. The molecular weight excluding hydrogens is 281 g/mol. The zero-order valence-corrected chi connectivity index (χ0v) is 12.4. The second-order valence-corrected chi connectivity index (χ2v) is 5.71. The lowest BCUT2D eigenvalue weighted by atomic mass is 9.97. The van der Waals surface area contributed by atoms with Crippen molar-refractivity contribution in [1.82, 2.24) is 10.2 Å². The van der Waals surface area contributed by atoms with E-state index in [1.165, 1.54) is 0 Å². The van der Waals surface area contributed by atoms with Gasteiger partial charge in [-0.2, -0.15) is 13.2 Å². The molecule has 0 saturated carbocycles. The highest BCUT2D eigenvalue weighted by Crippen LogP contribution is 2.33. The van der Waals surface area contributed by atoms with Crippen LogP contribution in [0, 0.1) is 5.92 Å². The van der Waals surface area contributed by atoms with Gasteiger partial charge in [-0.05, 0) is 38.4 Å². The number of hydrogen-bond donors (Lipinski definition) is 1. The molecule has 1 unspecified atom stereocenters. The Bertz CT molecular complexity index is 431. The van der Waals surface area contributed by atoms with Crippen molar-refractivity contribution >= 4 is 0 Å². The van der Waals surface area contributed by atoms with E-state index in [-0.39, 0.29) is 13.0 Å². The minimum atomic E-state index is -4.09. The molecule has 2 rings (SSSR count). The molecule has 1 aromatic rings. The number of piperidine rings is 1. The SMILES string of the molecule is CCCNCc1coc(CN2CCCC(C(F)(F)F)C2)c1. The van der Waals surface area contributed by atoms with E-state index >= 15 is 0 Å². The van der Waals surface area contributed by atoms with Crippen LogP contribution in [-0.2, 0) is 13.1 Å². The van der Waals surface area contributed by atoms with Crippen LogP contribution in [0.2, 0.25) is 0 Å². The zero-order chi connectivity index (χ0) is 15.3. The Morgan fingerprint density at radius 3 is 2.95 bits per heavy atom. The minimum absolute atomic E-state index is 0.0770. The summed E-state index contributed by atoms with van der Waals surface area (Å²) in [5.41, 5.74) is 1.04. The van der Waals surface area contributed by atoms with Crippen molar-refractivity contribution in [1.29, 1.82) is 0 Å². The van der Waals surface area contributed by atoms with Gasteiger partial charge in [0.1, 0.15) is 5.76 Å². The highest BCUT2D eigenvalue weighted by Gasteiger charge is 2.41. The molecule has 1 saturated heterocycles. The van der Waals surface area contributed by atoms with E-state index in [9.17, 15) is 13.2 Å². The molecule has 0 radical (unpaired) electrons. The molecule has 0 aliphatic carbocycles. The zero-order valence-electron chi connectivity index (χ0n) is 12.4. The van der Waals surface area contributed by atoms with Gasteiger partial charge >= 0.3 is 6.18 Å². The van der Waals surface area contributed by atoms with Crippen LogP contribution in [0.1, 0.15) is 37.5 Å². The third-order valence-corrected chi connectivity index (χ3v) is 3.81. The minimum Gasteiger partial charge on any atom is -0.468 e. The van der Waals surface area contributed by atoms with Crippen LogP contribution >= 0.6 is 0 Å². The highest BCUT2D eigenvalue weighted by molar-refractivity contribution is 5.12. The maximum absolute atomic E-state index is 12.8. The normalized spacial score (nSPS) is 20.9. The maximum atomic E-state index is 12.8. The van der Waals surface area contributed by atoms with E-state index in [2.05, 4.69) is 12.2 Å². The summed E-state index contributed by atoms with van der Waals surface area (Å²) >= 11 is 0. The lowest BCUT2D eigenvalue weighted by Crippen LogP contribution is -2.41. The van der Waals surface area contributed by atoms with Gasteiger partial charge in [-0.25, -0.2) is 0 Å². The summed E-state index contributed by atoms with van der Waals surface area (Å²) < 4.78 is 43.8. The Balaban J connectivity index is 1.84. The second kappa shape index (κ2) is 7.31. The largest absolute Gasteiger partial charge is 0.468 e. The topological polar surface area (TPSA) is 28.4 Å². The molecule has 6 heteroatoms. The van der Waals surface area contributed by atoms with Gasteiger partial charge in [-0.3, -0.25) is 4.90 Å². The van der Waals surface area contributed by atoms with Crippen LogP contribution < -0.4 is 5.32 Å². The summed E-state index contributed by atoms with van der Waals surface area (Å²) in [6.45, 7) is 5.02. The Hall–Kier alpha value is -1.01. The van der Waals surface area contributed by atoms with Gasteiger partial charge in [0.15, 0.2) is 0 Å². The number of nitrogens with one attached hydrogen (secondary N) is 1. The monoisotopic (exact) mass is 304 g/mol. The van der Waals surface area contributed by atoms with Gasteiger partial charge in [0, 0.05) is 18.7 Å². The van der Waals surface area contributed by atoms with E-state index in [4.69, 9.17) is 4.42 Å². The molecule has 1 aliphatic heterocycles. The smallest absolute Gasteiger partial charge is 0.393 e. The molecular formula is C15H23F3N2O. The van der Waals surface area contributed by atoms with E-state index in [1.807, 2.05) is 11.0 Å². The fraction of sp³-hybridized carbons (Fsp3) is 0.733. The molecule has 1 atom stereocenters. The molecule has 1 aliphatic rings. The van der Waals surface area contributed by atoms with Crippen LogP contribution in [0.5, 0.6) is 0 Å². The van der Waals surface area contributed by atoms with Crippen molar-refractivity contribution in [3.05, 3.63) is 23.7 Å². The van der Waals surface area contributed by atoms with E-state index in [0.717, 1.165) is 30.8 Å². The average Bonchev–Trinajstić information content (AvgIpc) is 2.86. The molecule has 0 spiro atoms. The molecule has 0 amide bonds. The third kappa shape index (κ3) is 5.04. The first kappa shape index (κ1) is 16.4. The van der Waals surface area contributed by atoms with Crippen molar-refractivity contribution in [3.63, 3.8) is 0 Å². The first-order valence-corrected chi connectivity index (χ1v) is 7.55. The molecule has 2 heterocycles. The lowest BCUT2D eigenvalue weighted by Gasteiger charge is -2.33. The van der Waals surface area contributed by atoms with Crippen molar-refractivity contribution in [2.24, 2.45) is 5.92 Å². The van der Waals surface area contributed by atoms with Gasteiger partial charge in [0.05, 0.1) is 18.7 Å². The standard InChI is InChI=1S/C15H23F3N2O/c1-2-5-19-8-12-7-14(21-11-12)10-20-6-3-4-13(9-20)15(16,17)18/h7,11,13,19H,2-6,8-10H2,1H3. The second-order valence-electron chi connectivity index (χ2n) is 5.71. The molecule has 1 fully saturated rings. The maximum Gasteiger partial charge on any atom is 0.393 e. The van der Waals surface area contributed by atoms with Crippen LogP contribution in [0.4, 0.5) is 13.2 Å². The molecule has 1 aromatic heterocycles. The summed E-state index contributed by atoms with van der Waals surface area (Å²) in [6, 6.07) is 1.93. The number of hydrogen-bond acceptors (Lipinski definition) is 3. The van der Waals surface area contributed by atoms with Crippen molar-refractivity contribution in [3.8, 4) is 0 Å². The van der Waals surface area contributed by atoms with Gasteiger partial charge < -0.3 is 9.73 Å². The van der Waals surface area contributed by atoms with E-state index in [0.29, 0.717) is 19.5 Å². The molecule has 0 bridgehead atoms. The van der Waals surface area contributed by atoms with Crippen LogP contribution in [0.15, 0.2) is 16.7 Å². The Kier molecular flexibility index (Phi) is 5.70. The fourth-order valence-electron chi connectivity index (χ4n) is 2.70. The number of alkyl halides is 3. The quantitative estimate of drug-likeness (QED) is 0.815. The predicted molar refractivity (Wildman–Crippen MR) is 74.8 cm³/mol. The Morgan fingerprint density at radius 1 is 1.43 bits per heavy atom. The lowest BCUT2D eigenvalue weighted by molar-refractivity contribution is -0.187. The molecule has 3 nitrogen and oxygen atoms in total. The van der Waals surface area contributed by atoms with Crippen LogP contribution in [0.25, 0.3) is 0 Å². The summed E-state index contributed by atoms with van der Waals surface area (Å²) in [5, 5.41) is 3.27. The summed E-state index contributed by atoms with van der Waals surface area (Å²) in [4.78, 5) is 1.84. The Morgan fingerprint density at radius 2 is 2.24 bits per heavy atom. The molecule has 1 N–H and O–H groups in total. The third-order valence-electron chi connectivity index (χ3n) is 3.81. The number of halogens is 3. The average molecular weight is 304 g/mol. The van der Waals surface area contributed by atoms with Gasteiger partial charge in [-0.15, -0.1) is 0 Å². The van der Waals surface area contributed by atoms with Crippen LogP contribution in [0.3, 0.4) is 0 Å². The summed E-state index contributed by atoms with van der Waals surface area (Å²) in [7, 11) is 0. The molecule has 0 aromatic carbocycles. The number of likely N-dealkylation sites (tertiary alicyclic amines) is 1. The first-order valence-electron chi connectivity index (χ1n) is 7.55. The summed E-state index contributed by atoms with van der Waals surface area (Å²) in [5.74, 6) is -0.460. The number of rotatable bonds is 6. The predicted octanol–water partition coefficient (Wildman–Crippen LogP) is 3.55.